The van der Waals surface area contributed by atoms with Crippen LogP contribution in [0.4, 0.5) is 5.69 Å². The van der Waals surface area contributed by atoms with Crippen LogP contribution in [0.3, 0.4) is 0 Å². The number of halogens is 1. The highest BCUT2D eigenvalue weighted by atomic mass is 35.5. The SMILES string of the molecule is CCCc1nc(Cl)cc(Oc2ccccc2[N+](=O)[O-])n1. The van der Waals surface area contributed by atoms with Gasteiger partial charge in [-0.3, -0.25) is 10.1 Å². The van der Waals surface area contributed by atoms with Crippen LogP contribution in [0.1, 0.15) is 19.2 Å². The number of benzene rings is 1. The Bertz CT molecular complexity index is 634. The minimum absolute atomic E-state index is 0.120. The highest BCUT2D eigenvalue weighted by Gasteiger charge is 2.15. The second-order valence-corrected chi connectivity index (χ2v) is 4.41. The summed E-state index contributed by atoms with van der Waals surface area (Å²) in [7, 11) is 0. The van der Waals surface area contributed by atoms with Gasteiger partial charge < -0.3 is 4.74 Å². The summed E-state index contributed by atoms with van der Waals surface area (Å²) >= 11 is 5.89. The number of nitro benzene ring substituents is 1. The molecule has 0 aliphatic carbocycles. The van der Waals surface area contributed by atoms with Crippen molar-refractivity contribution in [1.82, 2.24) is 9.97 Å². The number of nitro groups is 1. The molecule has 0 N–H and O–H groups in total. The maximum absolute atomic E-state index is 10.9. The second kappa shape index (κ2) is 6.29. The average Bonchev–Trinajstić information content (AvgIpc) is 2.38. The lowest BCUT2D eigenvalue weighted by Crippen LogP contribution is -1.99. The molecule has 1 aromatic carbocycles. The van der Waals surface area contributed by atoms with Crippen molar-refractivity contribution >= 4 is 17.3 Å². The quantitative estimate of drug-likeness (QED) is 0.476. The Hall–Kier alpha value is -2.21. The third-order valence-corrected chi connectivity index (χ3v) is 2.66. The van der Waals surface area contributed by atoms with Crippen LogP contribution in [0.15, 0.2) is 30.3 Å². The van der Waals surface area contributed by atoms with Crippen molar-refractivity contribution < 1.29 is 9.66 Å². The molecule has 1 heterocycles. The fourth-order valence-electron chi connectivity index (χ4n) is 1.64. The van der Waals surface area contributed by atoms with Crippen LogP contribution in [-0.4, -0.2) is 14.9 Å². The molecule has 2 aromatic rings. The number of nitrogens with zero attached hydrogens (tertiary/aromatic N) is 3. The van der Waals surface area contributed by atoms with Crippen LogP contribution >= 0.6 is 11.6 Å². The summed E-state index contributed by atoms with van der Waals surface area (Å²) in [6, 6.07) is 7.52. The summed E-state index contributed by atoms with van der Waals surface area (Å²) in [6.45, 7) is 1.99. The van der Waals surface area contributed by atoms with E-state index in [4.69, 9.17) is 16.3 Å². The maximum atomic E-state index is 10.9. The number of aromatic nitrogens is 2. The van der Waals surface area contributed by atoms with E-state index in [0.29, 0.717) is 12.2 Å². The van der Waals surface area contributed by atoms with Crippen molar-refractivity contribution in [1.29, 1.82) is 0 Å². The number of ether oxygens (including phenoxy) is 1. The van der Waals surface area contributed by atoms with E-state index in [1.807, 2.05) is 6.92 Å². The van der Waals surface area contributed by atoms with Gasteiger partial charge in [0.25, 0.3) is 0 Å². The van der Waals surface area contributed by atoms with E-state index in [-0.39, 0.29) is 22.5 Å². The molecule has 0 spiro atoms. The minimum atomic E-state index is -0.509. The van der Waals surface area contributed by atoms with E-state index in [9.17, 15) is 10.1 Å². The Labute approximate surface area is 120 Å². The van der Waals surface area contributed by atoms with Gasteiger partial charge in [0, 0.05) is 18.6 Å². The summed E-state index contributed by atoms with van der Waals surface area (Å²) in [6.07, 6.45) is 1.53. The van der Waals surface area contributed by atoms with Crippen molar-refractivity contribution in [2.45, 2.75) is 19.8 Å². The first-order valence-electron chi connectivity index (χ1n) is 6.05. The summed E-state index contributed by atoms with van der Waals surface area (Å²) in [5.74, 6) is 0.867. The van der Waals surface area contributed by atoms with Gasteiger partial charge in [-0.2, -0.15) is 4.98 Å². The number of aryl methyl sites for hydroxylation is 1. The molecule has 0 radical (unpaired) electrons. The Morgan fingerprint density at radius 3 is 2.80 bits per heavy atom. The van der Waals surface area contributed by atoms with Gasteiger partial charge in [0.2, 0.25) is 11.6 Å². The van der Waals surface area contributed by atoms with Crippen molar-refractivity contribution in [2.24, 2.45) is 0 Å². The molecule has 7 heteroatoms. The van der Waals surface area contributed by atoms with E-state index < -0.39 is 4.92 Å². The molecule has 2 rings (SSSR count). The van der Waals surface area contributed by atoms with Gasteiger partial charge in [-0.15, -0.1) is 0 Å². The normalized spacial score (nSPS) is 10.3. The number of rotatable bonds is 5. The standard InChI is InChI=1S/C13H12ClN3O3/c1-2-5-12-15-11(14)8-13(16-12)20-10-7-4-3-6-9(10)17(18)19/h3-4,6-8H,2,5H2,1H3. The van der Waals surface area contributed by atoms with Gasteiger partial charge in [0.05, 0.1) is 4.92 Å². The monoisotopic (exact) mass is 293 g/mol. The molecule has 0 saturated heterocycles. The first-order valence-corrected chi connectivity index (χ1v) is 6.42. The Kier molecular flexibility index (Phi) is 4.47. The number of para-hydroxylation sites is 2. The van der Waals surface area contributed by atoms with Crippen LogP contribution < -0.4 is 4.74 Å². The van der Waals surface area contributed by atoms with Gasteiger partial charge in [0.15, 0.2) is 0 Å². The molecule has 20 heavy (non-hydrogen) atoms. The van der Waals surface area contributed by atoms with Gasteiger partial charge in [-0.1, -0.05) is 30.7 Å². The van der Waals surface area contributed by atoms with Crippen LogP contribution in [0.5, 0.6) is 11.6 Å². The average molecular weight is 294 g/mol. The molecular weight excluding hydrogens is 282 g/mol. The largest absolute Gasteiger partial charge is 0.432 e. The minimum Gasteiger partial charge on any atom is -0.432 e. The topological polar surface area (TPSA) is 78.2 Å². The zero-order valence-electron chi connectivity index (χ0n) is 10.7. The number of hydrogen-bond acceptors (Lipinski definition) is 5. The maximum Gasteiger partial charge on any atom is 0.311 e. The van der Waals surface area contributed by atoms with Crippen molar-refractivity contribution in [3.63, 3.8) is 0 Å². The molecule has 0 saturated carbocycles. The van der Waals surface area contributed by atoms with Crippen molar-refractivity contribution in [3.05, 3.63) is 51.4 Å². The predicted octanol–water partition coefficient (Wildman–Crippen LogP) is 3.78. The summed E-state index contributed by atoms with van der Waals surface area (Å²) in [5, 5.41) is 11.2. The fourth-order valence-corrected chi connectivity index (χ4v) is 1.83. The van der Waals surface area contributed by atoms with Gasteiger partial charge in [-0.25, -0.2) is 4.98 Å². The lowest BCUT2D eigenvalue weighted by molar-refractivity contribution is -0.385. The molecule has 0 aliphatic heterocycles. The molecule has 0 fully saturated rings. The lowest BCUT2D eigenvalue weighted by Gasteiger charge is -2.07. The lowest BCUT2D eigenvalue weighted by atomic mass is 10.3. The van der Waals surface area contributed by atoms with Crippen molar-refractivity contribution in [2.75, 3.05) is 0 Å². The van der Waals surface area contributed by atoms with E-state index in [1.165, 1.54) is 18.2 Å². The molecule has 0 bridgehead atoms. The van der Waals surface area contributed by atoms with Crippen molar-refractivity contribution in [3.8, 4) is 11.6 Å². The van der Waals surface area contributed by atoms with E-state index in [0.717, 1.165) is 6.42 Å². The predicted molar refractivity (Wildman–Crippen MR) is 74.2 cm³/mol. The molecule has 0 atom stereocenters. The fraction of sp³-hybridized carbons (Fsp3) is 0.231. The summed E-state index contributed by atoms with van der Waals surface area (Å²) in [5.41, 5.74) is -0.126. The summed E-state index contributed by atoms with van der Waals surface area (Å²) in [4.78, 5) is 18.6. The zero-order valence-corrected chi connectivity index (χ0v) is 11.5. The third kappa shape index (κ3) is 3.42. The molecule has 0 unspecified atom stereocenters. The van der Waals surface area contributed by atoms with E-state index in [2.05, 4.69) is 9.97 Å². The van der Waals surface area contributed by atoms with Crippen LogP contribution in [0.2, 0.25) is 5.15 Å². The summed E-state index contributed by atoms with van der Waals surface area (Å²) < 4.78 is 5.46. The highest BCUT2D eigenvalue weighted by Crippen LogP contribution is 2.30. The molecule has 0 amide bonds. The van der Waals surface area contributed by atoms with Crippen LogP contribution in [-0.2, 0) is 6.42 Å². The Morgan fingerprint density at radius 1 is 1.35 bits per heavy atom. The molecular formula is C13H12ClN3O3. The first kappa shape index (κ1) is 14.2. The Morgan fingerprint density at radius 2 is 2.10 bits per heavy atom. The van der Waals surface area contributed by atoms with Crippen LogP contribution in [0.25, 0.3) is 0 Å². The third-order valence-electron chi connectivity index (χ3n) is 2.47. The highest BCUT2D eigenvalue weighted by molar-refractivity contribution is 6.29. The number of hydrogen-bond donors (Lipinski definition) is 0. The molecule has 0 aliphatic rings. The van der Waals surface area contributed by atoms with Crippen LogP contribution in [0, 0.1) is 10.1 Å². The van der Waals surface area contributed by atoms with E-state index >= 15 is 0 Å². The molecule has 1 aromatic heterocycles. The van der Waals surface area contributed by atoms with E-state index in [1.54, 1.807) is 12.1 Å². The zero-order chi connectivity index (χ0) is 14.5. The molecule has 104 valence electrons. The van der Waals surface area contributed by atoms with Gasteiger partial charge >= 0.3 is 5.69 Å². The second-order valence-electron chi connectivity index (χ2n) is 4.02. The first-order chi connectivity index (χ1) is 9.60. The molecule has 6 nitrogen and oxygen atoms in total. The van der Waals surface area contributed by atoms with Gasteiger partial charge in [-0.05, 0) is 12.5 Å². The smallest absolute Gasteiger partial charge is 0.311 e. The van der Waals surface area contributed by atoms with Gasteiger partial charge in [0.1, 0.15) is 11.0 Å². The Balaban J connectivity index is 2.32.